The van der Waals surface area contributed by atoms with Crippen LogP contribution in [-0.4, -0.2) is 39.6 Å². The van der Waals surface area contributed by atoms with Crippen LogP contribution in [0.2, 0.25) is 0 Å². The number of benzene rings is 2. The summed E-state index contributed by atoms with van der Waals surface area (Å²) in [4.78, 5) is 0.192. The Labute approximate surface area is 140 Å². The SMILES string of the molecule is COc1ccc(S(=O)(=O)N2CCOCC2c2ccc(F)cc2)cc1. The monoisotopic (exact) mass is 351 g/mol. The highest BCUT2D eigenvalue weighted by molar-refractivity contribution is 7.89. The minimum absolute atomic E-state index is 0.192. The lowest BCUT2D eigenvalue weighted by molar-refractivity contribution is 0.0320. The molecular formula is C17H18FNO4S. The minimum Gasteiger partial charge on any atom is -0.497 e. The molecule has 2 aromatic rings. The fourth-order valence-electron chi connectivity index (χ4n) is 2.71. The molecule has 2 aromatic carbocycles. The second-order valence-corrected chi connectivity index (χ2v) is 7.32. The highest BCUT2D eigenvalue weighted by Gasteiger charge is 2.35. The van der Waals surface area contributed by atoms with Crippen molar-refractivity contribution < 1.29 is 22.3 Å². The molecule has 0 spiro atoms. The van der Waals surface area contributed by atoms with Crippen LogP contribution in [0.3, 0.4) is 0 Å². The molecule has 128 valence electrons. The first-order valence-electron chi connectivity index (χ1n) is 7.51. The molecule has 3 rings (SSSR count). The van der Waals surface area contributed by atoms with Gasteiger partial charge in [-0.3, -0.25) is 0 Å². The molecule has 0 amide bonds. The van der Waals surface area contributed by atoms with Crippen LogP contribution in [-0.2, 0) is 14.8 Å². The number of nitrogens with zero attached hydrogens (tertiary/aromatic N) is 1. The number of morpholine rings is 1. The number of halogens is 1. The van der Waals surface area contributed by atoms with E-state index < -0.39 is 16.1 Å². The molecule has 0 saturated carbocycles. The van der Waals surface area contributed by atoms with Crippen LogP contribution < -0.4 is 4.74 Å². The van der Waals surface area contributed by atoms with Gasteiger partial charge in [-0.05, 0) is 42.0 Å². The number of ether oxygens (including phenoxy) is 2. The lowest BCUT2D eigenvalue weighted by Gasteiger charge is -2.34. The van der Waals surface area contributed by atoms with Gasteiger partial charge in [0.15, 0.2) is 0 Å². The van der Waals surface area contributed by atoms with E-state index in [0.29, 0.717) is 17.9 Å². The van der Waals surface area contributed by atoms with Crippen LogP contribution >= 0.6 is 0 Å². The third kappa shape index (κ3) is 3.28. The van der Waals surface area contributed by atoms with Gasteiger partial charge < -0.3 is 9.47 Å². The van der Waals surface area contributed by atoms with Crippen LogP contribution in [0.15, 0.2) is 53.4 Å². The highest BCUT2D eigenvalue weighted by Crippen LogP contribution is 2.31. The Hall–Kier alpha value is -1.96. The number of rotatable bonds is 4. The van der Waals surface area contributed by atoms with E-state index in [2.05, 4.69) is 0 Å². The lowest BCUT2D eigenvalue weighted by Crippen LogP contribution is -2.43. The van der Waals surface area contributed by atoms with Gasteiger partial charge in [0.2, 0.25) is 10.0 Å². The second kappa shape index (κ2) is 6.88. The van der Waals surface area contributed by atoms with Crippen molar-refractivity contribution in [3.8, 4) is 5.75 Å². The summed E-state index contributed by atoms with van der Waals surface area (Å²) in [6, 6.07) is 11.6. The van der Waals surface area contributed by atoms with Crippen molar-refractivity contribution in [3.05, 3.63) is 59.9 Å². The molecule has 5 nitrogen and oxygen atoms in total. The summed E-state index contributed by atoms with van der Waals surface area (Å²) >= 11 is 0. The van der Waals surface area contributed by atoms with Gasteiger partial charge in [0.05, 0.1) is 31.3 Å². The first kappa shape index (κ1) is 16.9. The minimum atomic E-state index is -3.69. The maximum absolute atomic E-state index is 13.1. The molecule has 1 heterocycles. The molecule has 1 fully saturated rings. The van der Waals surface area contributed by atoms with E-state index in [1.54, 1.807) is 24.3 Å². The zero-order valence-electron chi connectivity index (χ0n) is 13.2. The molecule has 1 aliphatic rings. The highest BCUT2D eigenvalue weighted by atomic mass is 32.2. The molecule has 0 bridgehead atoms. The van der Waals surface area contributed by atoms with E-state index in [4.69, 9.17) is 9.47 Å². The van der Waals surface area contributed by atoms with E-state index in [0.717, 1.165) is 0 Å². The molecule has 1 unspecified atom stereocenters. The molecule has 0 aliphatic carbocycles. The second-order valence-electron chi connectivity index (χ2n) is 5.43. The van der Waals surface area contributed by atoms with Gasteiger partial charge >= 0.3 is 0 Å². The Morgan fingerprint density at radius 3 is 2.42 bits per heavy atom. The normalized spacial score (nSPS) is 19.2. The van der Waals surface area contributed by atoms with E-state index in [-0.39, 0.29) is 23.9 Å². The molecule has 1 aliphatic heterocycles. The summed E-state index contributed by atoms with van der Waals surface area (Å²) in [7, 11) is -2.17. The summed E-state index contributed by atoms with van der Waals surface area (Å²) in [6.07, 6.45) is 0. The zero-order valence-corrected chi connectivity index (χ0v) is 14.0. The van der Waals surface area contributed by atoms with Crippen molar-refractivity contribution in [2.24, 2.45) is 0 Å². The predicted molar refractivity (Wildman–Crippen MR) is 86.8 cm³/mol. The van der Waals surface area contributed by atoms with Crippen LogP contribution in [0.1, 0.15) is 11.6 Å². The molecule has 0 aromatic heterocycles. The van der Waals surface area contributed by atoms with Gasteiger partial charge in [-0.25, -0.2) is 12.8 Å². The summed E-state index contributed by atoms with van der Waals surface area (Å²) in [5.74, 6) is 0.228. The van der Waals surface area contributed by atoms with Gasteiger partial charge in [0.1, 0.15) is 11.6 Å². The number of methoxy groups -OCH3 is 1. The summed E-state index contributed by atoms with van der Waals surface area (Å²) in [5, 5.41) is 0. The maximum atomic E-state index is 13.1. The summed E-state index contributed by atoms with van der Waals surface area (Å²) in [6.45, 7) is 0.810. The van der Waals surface area contributed by atoms with Crippen molar-refractivity contribution in [1.29, 1.82) is 0 Å². The summed E-state index contributed by atoms with van der Waals surface area (Å²) in [5.41, 5.74) is 0.702. The van der Waals surface area contributed by atoms with Gasteiger partial charge in [-0.15, -0.1) is 0 Å². The van der Waals surface area contributed by atoms with Crippen molar-refractivity contribution in [3.63, 3.8) is 0 Å². The Morgan fingerprint density at radius 2 is 1.79 bits per heavy atom. The Bertz CT molecular complexity index is 790. The fourth-order valence-corrected chi connectivity index (χ4v) is 4.29. The average Bonchev–Trinajstić information content (AvgIpc) is 2.62. The van der Waals surface area contributed by atoms with Crippen LogP contribution in [0, 0.1) is 5.82 Å². The van der Waals surface area contributed by atoms with Crippen molar-refractivity contribution >= 4 is 10.0 Å². The first-order chi connectivity index (χ1) is 11.5. The quantitative estimate of drug-likeness (QED) is 0.850. The van der Waals surface area contributed by atoms with Crippen molar-refractivity contribution in [2.45, 2.75) is 10.9 Å². The Morgan fingerprint density at radius 1 is 1.12 bits per heavy atom. The zero-order chi connectivity index (χ0) is 17.2. The molecule has 1 atom stereocenters. The smallest absolute Gasteiger partial charge is 0.243 e. The van der Waals surface area contributed by atoms with Crippen molar-refractivity contribution in [1.82, 2.24) is 4.31 Å². The van der Waals surface area contributed by atoms with Crippen molar-refractivity contribution in [2.75, 3.05) is 26.9 Å². The van der Waals surface area contributed by atoms with Gasteiger partial charge in [-0.2, -0.15) is 4.31 Å². The molecular weight excluding hydrogens is 333 g/mol. The van der Waals surface area contributed by atoms with E-state index in [1.807, 2.05) is 0 Å². The van der Waals surface area contributed by atoms with Crippen LogP contribution in [0.5, 0.6) is 5.75 Å². The van der Waals surface area contributed by atoms with Gasteiger partial charge in [0.25, 0.3) is 0 Å². The molecule has 24 heavy (non-hydrogen) atoms. The Balaban J connectivity index is 1.95. The average molecular weight is 351 g/mol. The van der Waals surface area contributed by atoms with Gasteiger partial charge in [0, 0.05) is 6.54 Å². The third-order valence-electron chi connectivity index (χ3n) is 4.00. The maximum Gasteiger partial charge on any atom is 0.243 e. The Kier molecular flexibility index (Phi) is 4.84. The van der Waals surface area contributed by atoms with E-state index in [9.17, 15) is 12.8 Å². The molecule has 0 radical (unpaired) electrons. The van der Waals surface area contributed by atoms with Crippen LogP contribution in [0.25, 0.3) is 0 Å². The number of sulfonamides is 1. The van der Waals surface area contributed by atoms with Crippen LogP contribution in [0.4, 0.5) is 4.39 Å². The topological polar surface area (TPSA) is 55.8 Å². The fraction of sp³-hybridized carbons (Fsp3) is 0.294. The largest absolute Gasteiger partial charge is 0.497 e. The summed E-state index contributed by atoms with van der Waals surface area (Å²) < 4.78 is 51.1. The van der Waals surface area contributed by atoms with Gasteiger partial charge in [-0.1, -0.05) is 12.1 Å². The predicted octanol–water partition coefficient (Wildman–Crippen LogP) is 2.60. The molecule has 0 N–H and O–H groups in total. The third-order valence-corrected chi connectivity index (χ3v) is 5.92. The van der Waals surface area contributed by atoms with E-state index in [1.165, 1.54) is 35.7 Å². The first-order valence-corrected chi connectivity index (χ1v) is 8.95. The van der Waals surface area contributed by atoms with E-state index >= 15 is 0 Å². The lowest BCUT2D eigenvalue weighted by atomic mass is 10.1. The number of hydrogen-bond acceptors (Lipinski definition) is 4. The number of hydrogen-bond donors (Lipinski definition) is 0. The molecule has 7 heteroatoms. The standard InChI is InChI=1S/C17H18FNO4S/c1-22-15-6-8-16(9-7-15)24(20,21)19-10-11-23-12-17(19)13-2-4-14(18)5-3-13/h2-9,17H,10-12H2,1H3. The molecule has 1 saturated heterocycles.